The summed E-state index contributed by atoms with van der Waals surface area (Å²) in [4.78, 5) is 12.4. The molecule has 1 amide bonds. The fourth-order valence-electron chi connectivity index (χ4n) is 3.12. The minimum Gasteiger partial charge on any atom is -0.493 e. The quantitative estimate of drug-likeness (QED) is 0.354. The van der Waals surface area contributed by atoms with E-state index in [4.69, 9.17) is 14.2 Å². The summed E-state index contributed by atoms with van der Waals surface area (Å²) in [6.07, 6.45) is 1.60. The maximum Gasteiger partial charge on any atom is 0.233 e. The number of thioether (sulfide) groups is 1. The van der Waals surface area contributed by atoms with Gasteiger partial charge in [-0.15, -0.1) is 16.8 Å². The lowest BCUT2D eigenvalue weighted by Gasteiger charge is -2.16. The van der Waals surface area contributed by atoms with Gasteiger partial charge in [0.25, 0.3) is 0 Å². The molecule has 10 heteroatoms. The Labute approximate surface area is 195 Å². The first-order chi connectivity index (χ1) is 15.9. The van der Waals surface area contributed by atoms with Gasteiger partial charge in [0.2, 0.25) is 11.7 Å². The lowest BCUT2D eigenvalue weighted by molar-refractivity contribution is -0.120. The van der Waals surface area contributed by atoms with Crippen molar-refractivity contribution >= 4 is 17.7 Å². The standard InChI is InChI=1S/C23H25FN4O4S/c1-6-11-25-22(29)14(2)33-23-27-26-21(28(23)17-10-8-7-9-16(17)24)15-12-18(30-3)20(32-5)19(13-15)31-4/h6-10,12-14H,1,11H2,2-5H3,(H,25,29). The van der Waals surface area contributed by atoms with E-state index in [1.807, 2.05) is 0 Å². The molecular weight excluding hydrogens is 447 g/mol. The minimum atomic E-state index is -0.507. The van der Waals surface area contributed by atoms with Crippen LogP contribution in [-0.4, -0.2) is 53.8 Å². The van der Waals surface area contributed by atoms with E-state index >= 15 is 0 Å². The van der Waals surface area contributed by atoms with E-state index < -0.39 is 11.1 Å². The number of nitrogens with one attached hydrogen (secondary N) is 1. The van der Waals surface area contributed by atoms with Crippen LogP contribution in [0.5, 0.6) is 17.2 Å². The van der Waals surface area contributed by atoms with Gasteiger partial charge in [-0.05, 0) is 31.2 Å². The topological polar surface area (TPSA) is 87.5 Å². The molecule has 0 saturated heterocycles. The third-order valence-corrected chi connectivity index (χ3v) is 5.76. The van der Waals surface area contributed by atoms with Crippen LogP contribution in [-0.2, 0) is 4.79 Å². The van der Waals surface area contributed by atoms with Crippen molar-refractivity contribution in [1.29, 1.82) is 0 Å². The summed E-state index contributed by atoms with van der Waals surface area (Å²) in [7, 11) is 4.52. The number of methoxy groups -OCH3 is 3. The number of aromatic nitrogens is 3. The van der Waals surface area contributed by atoms with E-state index in [9.17, 15) is 9.18 Å². The summed E-state index contributed by atoms with van der Waals surface area (Å²) in [6.45, 7) is 5.68. The molecule has 33 heavy (non-hydrogen) atoms. The van der Waals surface area contributed by atoms with E-state index in [-0.39, 0.29) is 11.6 Å². The highest BCUT2D eigenvalue weighted by Gasteiger charge is 2.24. The van der Waals surface area contributed by atoms with Crippen LogP contribution in [0.2, 0.25) is 0 Å². The molecule has 0 aliphatic heterocycles. The van der Waals surface area contributed by atoms with E-state index in [1.54, 1.807) is 47.9 Å². The first kappa shape index (κ1) is 24.1. The summed E-state index contributed by atoms with van der Waals surface area (Å²) in [6, 6.07) is 9.69. The van der Waals surface area contributed by atoms with Crippen LogP contribution in [0.3, 0.4) is 0 Å². The highest BCUT2D eigenvalue weighted by molar-refractivity contribution is 8.00. The molecule has 174 valence electrons. The Morgan fingerprint density at radius 1 is 1.18 bits per heavy atom. The fourth-order valence-corrected chi connectivity index (χ4v) is 4.01. The van der Waals surface area contributed by atoms with Crippen LogP contribution < -0.4 is 19.5 Å². The molecule has 0 aliphatic carbocycles. The Morgan fingerprint density at radius 2 is 1.85 bits per heavy atom. The van der Waals surface area contributed by atoms with Crippen molar-refractivity contribution in [2.45, 2.75) is 17.3 Å². The highest BCUT2D eigenvalue weighted by Crippen LogP contribution is 2.42. The molecule has 3 aromatic rings. The lowest BCUT2D eigenvalue weighted by atomic mass is 10.1. The van der Waals surface area contributed by atoms with Gasteiger partial charge in [-0.3, -0.25) is 9.36 Å². The molecule has 1 aromatic heterocycles. The molecule has 0 bridgehead atoms. The number of halogens is 1. The van der Waals surface area contributed by atoms with Gasteiger partial charge < -0.3 is 19.5 Å². The first-order valence-electron chi connectivity index (χ1n) is 10.0. The molecule has 0 fully saturated rings. The van der Waals surface area contributed by atoms with Gasteiger partial charge in [0.1, 0.15) is 5.82 Å². The van der Waals surface area contributed by atoms with Crippen LogP contribution in [0.1, 0.15) is 6.92 Å². The SMILES string of the molecule is C=CCNC(=O)C(C)Sc1nnc(-c2cc(OC)c(OC)c(OC)c2)n1-c1ccccc1F. The Kier molecular flexibility index (Phi) is 7.94. The molecule has 0 aliphatic rings. The van der Waals surface area contributed by atoms with Gasteiger partial charge in [0.15, 0.2) is 22.5 Å². The summed E-state index contributed by atoms with van der Waals surface area (Å²) in [5.74, 6) is 0.944. The Hall–Kier alpha value is -3.53. The first-order valence-corrected chi connectivity index (χ1v) is 10.9. The maximum absolute atomic E-state index is 14.9. The molecule has 0 saturated carbocycles. The average molecular weight is 473 g/mol. The van der Waals surface area contributed by atoms with Crippen molar-refractivity contribution in [3.63, 3.8) is 0 Å². The zero-order valence-electron chi connectivity index (χ0n) is 18.8. The molecule has 1 N–H and O–H groups in total. The second-order valence-electron chi connectivity index (χ2n) is 6.80. The third kappa shape index (κ3) is 5.11. The Balaban J connectivity index is 2.15. The zero-order chi connectivity index (χ0) is 24.0. The molecular formula is C23H25FN4O4S. The predicted molar refractivity (Wildman–Crippen MR) is 125 cm³/mol. The molecule has 0 radical (unpaired) electrons. The average Bonchev–Trinajstić information content (AvgIpc) is 3.24. The van der Waals surface area contributed by atoms with Crippen LogP contribution >= 0.6 is 11.8 Å². The molecule has 2 aromatic carbocycles. The lowest BCUT2D eigenvalue weighted by Crippen LogP contribution is -2.31. The fraction of sp³-hybridized carbons (Fsp3) is 0.261. The second-order valence-corrected chi connectivity index (χ2v) is 8.11. The zero-order valence-corrected chi connectivity index (χ0v) is 19.6. The second kappa shape index (κ2) is 10.9. The number of hydrogen-bond acceptors (Lipinski definition) is 7. The molecule has 0 spiro atoms. The van der Waals surface area contributed by atoms with Crippen molar-refractivity contribution < 1.29 is 23.4 Å². The molecule has 1 heterocycles. The number of amides is 1. The van der Waals surface area contributed by atoms with Gasteiger partial charge in [0, 0.05) is 12.1 Å². The third-order valence-electron chi connectivity index (χ3n) is 4.72. The summed E-state index contributed by atoms with van der Waals surface area (Å²) < 4.78 is 32.7. The minimum absolute atomic E-state index is 0.197. The largest absolute Gasteiger partial charge is 0.493 e. The van der Waals surface area contributed by atoms with Gasteiger partial charge in [-0.25, -0.2) is 4.39 Å². The van der Waals surface area contributed by atoms with Crippen molar-refractivity contribution in [2.24, 2.45) is 0 Å². The van der Waals surface area contributed by atoms with Crippen LogP contribution in [0.15, 0.2) is 54.2 Å². The van der Waals surface area contributed by atoms with Gasteiger partial charge in [-0.1, -0.05) is 30.0 Å². The van der Waals surface area contributed by atoms with E-state index in [0.717, 1.165) is 11.8 Å². The normalized spacial score (nSPS) is 11.5. The van der Waals surface area contributed by atoms with Crippen LogP contribution in [0.25, 0.3) is 17.1 Å². The molecule has 1 atom stereocenters. The van der Waals surface area contributed by atoms with Gasteiger partial charge in [0.05, 0.1) is 32.3 Å². The molecule has 1 unspecified atom stereocenters. The monoisotopic (exact) mass is 472 g/mol. The number of hydrogen-bond donors (Lipinski definition) is 1. The number of ether oxygens (including phenoxy) is 3. The van der Waals surface area contributed by atoms with Crippen molar-refractivity contribution in [3.05, 3.63) is 54.9 Å². The Morgan fingerprint density at radius 3 is 2.42 bits per heavy atom. The smallest absolute Gasteiger partial charge is 0.233 e. The summed E-state index contributed by atoms with van der Waals surface area (Å²) in [5.41, 5.74) is 0.809. The van der Waals surface area contributed by atoms with Gasteiger partial charge >= 0.3 is 0 Å². The van der Waals surface area contributed by atoms with E-state index in [0.29, 0.717) is 40.3 Å². The van der Waals surface area contributed by atoms with Crippen molar-refractivity contribution in [3.8, 4) is 34.3 Å². The Bertz CT molecular complexity index is 1130. The number of carbonyl (C=O) groups excluding carboxylic acids is 1. The number of nitrogens with zero attached hydrogens (tertiary/aromatic N) is 3. The van der Waals surface area contributed by atoms with Crippen LogP contribution in [0, 0.1) is 5.82 Å². The number of carbonyl (C=O) groups is 1. The maximum atomic E-state index is 14.9. The number of benzene rings is 2. The van der Waals surface area contributed by atoms with Crippen molar-refractivity contribution in [2.75, 3.05) is 27.9 Å². The van der Waals surface area contributed by atoms with Crippen molar-refractivity contribution in [1.82, 2.24) is 20.1 Å². The van der Waals surface area contributed by atoms with Crippen LogP contribution in [0.4, 0.5) is 4.39 Å². The van der Waals surface area contributed by atoms with Gasteiger partial charge in [-0.2, -0.15) is 0 Å². The molecule has 3 rings (SSSR count). The van der Waals surface area contributed by atoms with E-state index in [2.05, 4.69) is 22.1 Å². The van der Waals surface area contributed by atoms with E-state index in [1.165, 1.54) is 27.4 Å². The number of para-hydroxylation sites is 1. The number of rotatable bonds is 10. The summed E-state index contributed by atoms with van der Waals surface area (Å²) in [5, 5.41) is 11.2. The predicted octanol–water partition coefficient (Wildman–Crippen LogP) is 3.88. The summed E-state index contributed by atoms with van der Waals surface area (Å²) >= 11 is 1.16. The molecule has 8 nitrogen and oxygen atoms in total. The highest BCUT2D eigenvalue weighted by atomic mass is 32.2.